The molecule has 0 aliphatic rings. The lowest BCUT2D eigenvalue weighted by molar-refractivity contribution is 0.0784. The predicted octanol–water partition coefficient (Wildman–Crippen LogP) is 3.72. The van der Waals surface area contributed by atoms with Crippen LogP contribution in [0.25, 0.3) is 11.0 Å². The topological polar surface area (TPSA) is 53.7 Å². The van der Waals surface area contributed by atoms with Gasteiger partial charge in [-0.2, -0.15) is 0 Å². The molecule has 4 heteroatoms. The van der Waals surface area contributed by atoms with Crippen LogP contribution in [0, 0.1) is 6.92 Å². The van der Waals surface area contributed by atoms with Crippen molar-refractivity contribution >= 4 is 16.9 Å². The molecule has 0 spiro atoms. The zero-order valence-corrected chi connectivity index (χ0v) is 12.5. The standard InChI is InChI=1S/C18H17NO3/c1-12-9-15-10-13(7-8-17(15)22-12)18(21)19(2)11-14-5-3-4-6-16(14)20/h3-10,20H,11H2,1-2H3. The summed E-state index contributed by atoms with van der Waals surface area (Å²) >= 11 is 0. The maximum absolute atomic E-state index is 12.5. The molecule has 0 aliphatic carbocycles. The number of carbonyl (C=O) groups is 1. The lowest BCUT2D eigenvalue weighted by atomic mass is 10.1. The van der Waals surface area contributed by atoms with Crippen molar-refractivity contribution < 1.29 is 14.3 Å². The highest BCUT2D eigenvalue weighted by molar-refractivity contribution is 5.97. The van der Waals surface area contributed by atoms with E-state index in [0.717, 1.165) is 22.3 Å². The van der Waals surface area contributed by atoms with Crippen molar-refractivity contribution in [1.82, 2.24) is 4.90 Å². The molecule has 0 radical (unpaired) electrons. The molecule has 1 N–H and O–H groups in total. The Labute approximate surface area is 128 Å². The number of hydrogen-bond acceptors (Lipinski definition) is 3. The van der Waals surface area contributed by atoms with Gasteiger partial charge in [-0.3, -0.25) is 4.79 Å². The van der Waals surface area contributed by atoms with E-state index >= 15 is 0 Å². The van der Waals surface area contributed by atoms with Crippen molar-refractivity contribution in [3.63, 3.8) is 0 Å². The molecule has 1 heterocycles. The number of nitrogens with zero attached hydrogens (tertiary/aromatic N) is 1. The first-order chi connectivity index (χ1) is 10.5. The van der Waals surface area contributed by atoms with E-state index in [1.54, 1.807) is 30.1 Å². The van der Waals surface area contributed by atoms with Crippen LogP contribution in [-0.4, -0.2) is 23.0 Å². The molecule has 4 nitrogen and oxygen atoms in total. The van der Waals surface area contributed by atoms with Crippen molar-refractivity contribution in [2.24, 2.45) is 0 Å². The second kappa shape index (κ2) is 5.56. The minimum absolute atomic E-state index is 0.0935. The Kier molecular flexibility index (Phi) is 3.59. The Hall–Kier alpha value is -2.75. The molecule has 0 saturated carbocycles. The molecule has 1 amide bonds. The van der Waals surface area contributed by atoms with E-state index in [4.69, 9.17) is 4.42 Å². The lowest BCUT2D eigenvalue weighted by Crippen LogP contribution is -2.26. The van der Waals surface area contributed by atoms with Crippen LogP contribution in [0.2, 0.25) is 0 Å². The van der Waals surface area contributed by atoms with Gasteiger partial charge in [0.15, 0.2) is 0 Å². The van der Waals surface area contributed by atoms with E-state index in [0.29, 0.717) is 12.1 Å². The first-order valence-corrected chi connectivity index (χ1v) is 7.07. The van der Waals surface area contributed by atoms with Gasteiger partial charge in [-0.25, -0.2) is 0 Å². The fourth-order valence-electron chi connectivity index (χ4n) is 2.50. The van der Waals surface area contributed by atoms with Crippen molar-refractivity contribution in [3.8, 4) is 5.75 Å². The number of para-hydroxylation sites is 1. The second-order valence-corrected chi connectivity index (χ2v) is 5.40. The SMILES string of the molecule is Cc1cc2cc(C(=O)N(C)Cc3ccccc3O)ccc2o1. The third-order valence-corrected chi connectivity index (χ3v) is 3.63. The van der Waals surface area contributed by atoms with E-state index in [2.05, 4.69) is 0 Å². The van der Waals surface area contributed by atoms with Crippen molar-refractivity contribution in [2.45, 2.75) is 13.5 Å². The second-order valence-electron chi connectivity index (χ2n) is 5.40. The van der Waals surface area contributed by atoms with Crippen LogP contribution >= 0.6 is 0 Å². The summed E-state index contributed by atoms with van der Waals surface area (Å²) in [4.78, 5) is 14.1. The molecule has 0 saturated heterocycles. The van der Waals surface area contributed by atoms with Crippen molar-refractivity contribution in [1.29, 1.82) is 0 Å². The molecule has 2 aromatic carbocycles. The van der Waals surface area contributed by atoms with Gasteiger partial charge < -0.3 is 14.4 Å². The number of aryl methyl sites for hydroxylation is 1. The summed E-state index contributed by atoms with van der Waals surface area (Å²) in [7, 11) is 1.72. The molecule has 0 fully saturated rings. The van der Waals surface area contributed by atoms with E-state index in [-0.39, 0.29) is 11.7 Å². The summed E-state index contributed by atoms with van der Waals surface area (Å²) < 4.78 is 5.52. The van der Waals surface area contributed by atoms with Crippen LogP contribution in [0.3, 0.4) is 0 Å². The summed E-state index contributed by atoms with van der Waals surface area (Å²) in [5, 5.41) is 10.7. The number of amides is 1. The number of phenols is 1. The third kappa shape index (κ3) is 2.68. The number of aromatic hydroxyl groups is 1. The molecule has 0 bridgehead atoms. The fraction of sp³-hybridized carbons (Fsp3) is 0.167. The molecule has 0 unspecified atom stereocenters. The van der Waals surface area contributed by atoms with E-state index in [9.17, 15) is 9.90 Å². The smallest absolute Gasteiger partial charge is 0.253 e. The van der Waals surface area contributed by atoms with Crippen molar-refractivity contribution in [2.75, 3.05) is 7.05 Å². The van der Waals surface area contributed by atoms with Crippen molar-refractivity contribution in [3.05, 3.63) is 65.4 Å². The number of hydrogen-bond donors (Lipinski definition) is 1. The molecule has 3 rings (SSSR count). The Morgan fingerprint density at radius 2 is 1.95 bits per heavy atom. The monoisotopic (exact) mass is 295 g/mol. The Bertz CT molecular complexity index is 835. The maximum atomic E-state index is 12.5. The highest BCUT2D eigenvalue weighted by Gasteiger charge is 2.14. The molecular weight excluding hydrogens is 278 g/mol. The van der Waals surface area contributed by atoms with Gasteiger partial charge in [-0.1, -0.05) is 18.2 Å². The number of furan rings is 1. The van der Waals surface area contributed by atoms with Crippen LogP contribution in [0.15, 0.2) is 52.9 Å². The number of carbonyl (C=O) groups excluding carboxylic acids is 1. The van der Waals surface area contributed by atoms with E-state index < -0.39 is 0 Å². The molecular formula is C18H17NO3. The quantitative estimate of drug-likeness (QED) is 0.801. The van der Waals surface area contributed by atoms with Gasteiger partial charge >= 0.3 is 0 Å². The van der Waals surface area contributed by atoms with Gasteiger partial charge in [-0.05, 0) is 37.3 Å². The highest BCUT2D eigenvalue weighted by Crippen LogP contribution is 2.22. The molecule has 0 aliphatic heterocycles. The molecule has 1 aromatic heterocycles. The molecule has 0 atom stereocenters. The molecule has 112 valence electrons. The predicted molar refractivity (Wildman–Crippen MR) is 84.9 cm³/mol. The van der Waals surface area contributed by atoms with Gasteiger partial charge in [0, 0.05) is 30.1 Å². The van der Waals surface area contributed by atoms with E-state index in [1.165, 1.54) is 0 Å². The fourth-order valence-corrected chi connectivity index (χ4v) is 2.50. The van der Waals surface area contributed by atoms with Gasteiger partial charge in [0.25, 0.3) is 5.91 Å². The van der Waals surface area contributed by atoms with Gasteiger partial charge in [0.1, 0.15) is 17.1 Å². The minimum Gasteiger partial charge on any atom is -0.508 e. The van der Waals surface area contributed by atoms with Crippen LogP contribution in [0.4, 0.5) is 0 Å². The number of rotatable bonds is 3. The summed E-state index contributed by atoms with van der Waals surface area (Å²) in [5.74, 6) is 0.925. The van der Waals surface area contributed by atoms with Crippen LogP contribution in [0.5, 0.6) is 5.75 Å². The summed E-state index contributed by atoms with van der Waals surface area (Å²) in [5.41, 5.74) is 2.10. The normalized spacial score (nSPS) is 10.8. The summed E-state index contributed by atoms with van der Waals surface area (Å²) in [6, 6.07) is 14.3. The van der Waals surface area contributed by atoms with Crippen LogP contribution in [-0.2, 0) is 6.54 Å². The average molecular weight is 295 g/mol. The zero-order chi connectivity index (χ0) is 15.7. The third-order valence-electron chi connectivity index (χ3n) is 3.63. The number of fused-ring (bicyclic) bond motifs is 1. The van der Waals surface area contributed by atoms with E-state index in [1.807, 2.05) is 37.3 Å². The van der Waals surface area contributed by atoms with Gasteiger partial charge in [-0.15, -0.1) is 0 Å². The maximum Gasteiger partial charge on any atom is 0.253 e. The first-order valence-electron chi connectivity index (χ1n) is 7.07. The Morgan fingerprint density at radius 1 is 1.18 bits per heavy atom. The summed E-state index contributed by atoms with van der Waals surface area (Å²) in [6.45, 7) is 2.24. The average Bonchev–Trinajstić information content (AvgIpc) is 2.87. The Morgan fingerprint density at radius 3 is 2.73 bits per heavy atom. The highest BCUT2D eigenvalue weighted by atomic mass is 16.3. The minimum atomic E-state index is -0.0935. The first kappa shape index (κ1) is 14.2. The van der Waals surface area contributed by atoms with Gasteiger partial charge in [0.2, 0.25) is 0 Å². The van der Waals surface area contributed by atoms with Crippen LogP contribution in [0.1, 0.15) is 21.7 Å². The lowest BCUT2D eigenvalue weighted by Gasteiger charge is -2.18. The number of benzene rings is 2. The Balaban J connectivity index is 1.83. The molecule has 22 heavy (non-hydrogen) atoms. The molecule has 3 aromatic rings. The van der Waals surface area contributed by atoms with Gasteiger partial charge in [0.05, 0.1) is 0 Å². The largest absolute Gasteiger partial charge is 0.508 e. The summed E-state index contributed by atoms with van der Waals surface area (Å²) in [6.07, 6.45) is 0. The zero-order valence-electron chi connectivity index (χ0n) is 12.5. The van der Waals surface area contributed by atoms with Crippen LogP contribution < -0.4 is 0 Å². The number of phenolic OH excluding ortho intramolecular Hbond substituents is 1.